The van der Waals surface area contributed by atoms with E-state index in [1.165, 1.54) is 77.0 Å². The fraction of sp³-hybridized carbons (Fsp3) is 0.778. The summed E-state index contributed by atoms with van der Waals surface area (Å²) < 4.78 is 0. The average Bonchev–Trinajstić information content (AvgIpc) is 2.94. The Labute approximate surface area is 219 Å². The molecule has 188 valence electrons. The Morgan fingerprint density at radius 3 is 0.778 bits per heavy atom. The van der Waals surface area contributed by atoms with Gasteiger partial charge in [0.1, 0.15) is 0 Å². The highest BCUT2D eigenvalue weighted by molar-refractivity contribution is 5.28. The molecule has 16 bridgehead atoms. The van der Waals surface area contributed by atoms with E-state index in [0.29, 0.717) is 21.7 Å². The van der Waals surface area contributed by atoms with Gasteiger partial charge in [0.2, 0.25) is 0 Å². The molecule has 0 N–H and O–H groups in total. The summed E-state index contributed by atoms with van der Waals surface area (Å²) in [6.07, 6.45) is 33.4. The van der Waals surface area contributed by atoms with E-state index in [2.05, 4.69) is 37.2 Å². The van der Waals surface area contributed by atoms with Gasteiger partial charge in [-0.15, -0.1) is 26.0 Å². The second kappa shape index (κ2) is 6.42. The zero-order valence-corrected chi connectivity index (χ0v) is 22.1. The third-order valence-electron chi connectivity index (χ3n) is 15.7. The van der Waals surface area contributed by atoms with Crippen LogP contribution >= 0.6 is 0 Å². The molecular weight excluding hydrogens is 432 g/mol. The van der Waals surface area contributed by atoms with Crippen LogP contribution in [0, 0.1) is 117 Å². The minimum Gasteiger partial charge on any atom is -0.120 e. The summed E-state index contributed by atoms with van der Waals surface area (Å²) in [7, 11) is 0. The van der Waals surface area contributed by atoms with Gasteiger partial charge in [0, 0.05) is 10.8 Å². The van der Waals surface area contributed by atoms with Gasteiger partial charge >= 0.3 is 0 Å². The predicted octanol–water partition coefficient (Wildman–Crippen LogP) is 7.77. The molecule has 0 aromatic rings. The molecule has 14 saturated carbocycles. The molecule has 0 radical (unpaired) electrons. The van der Waals surface area contributed by atoms with Crippen molar-refractivity contribution in [2.45, 2.75) is 77.0 Å². The number of allylic oxidation sites excluding steroid dienone is 2. The fourth-order valence-corrected chi connectivity index (χ4v) is 14.8. The van der Waals surface area contributed by atoms with Gasteiger partial charge in [-0.1, -0.05) is 24.0 Å². The van der Waals surface area contributed by atoms with E-state index in [0.717, 1.165) is 71.0 Å². The van der Waals surface area contributed by atoms with Gasteiger partial charge < -0.3 is 0 Å². The van der Waals surface area contributed by atoms with Crippen molar-refractivity contribution < 1.29 is 0 Å². The molecule has 14 aliphatic carbocycles. The van der Waals surface area contributed by atoms with Gasteiger partial charge in [0.15, 0.2) is 0 Å². The van der Waals surface area contributed by atoms with Crippen LogP contribution in [-0.4, -0.2) is 0 Å². The summed E-state index contributed by atoms with van der Waals surface area (Å²) in [5, 5.41) is 0. The van der Waals surface area contributed by atoms with Crippen LogP contribution in [-0.2, 0) is 0 Å². The Bertz CT molecular complexity index is 917. The molecule has 36 heavy (non-hydrogen) atoms. The third kappa shape index (κ3) is 2.31. The Hall–Kier alpha value is -1.40. The van der Waals surface area contributed by atoms with Crippen LogP contribution in [0.3, 0.4) is 0 Å². The van der Waals surface area contributed by atoms with Crippen molar-refractivity contribution in [3.05, 3.63) is 25.3 Å². The molecular formula is C36H44. The zero-order valence-electron chi connectivity index (χ0n) is 22.1. The zero-order chi connectivity index (χ0) is 24.2. The molecule has 0 saturated heterocycles. The Morgan fingerprint density at radius 2 is 0.611 bits per heavy atom. The van der Waals surface area contributed by atoms with Gasteiger partial charge in [-0.2, -0.15) is 0 Å². The Kier molecular flexibility index (Phi) is 3.84. The quantitative estimate of drug-likeness (QED) is 0.282. The molecule has 0 atom stereocenters. The molecule has 0 nitrogen and oxygen atoms in total. The van der Waals surface area contributed by atoms with Crippen molar-refractivity contribution in [1.82, 2.24) is 0 Å². The van der Waals surface area contributed by atoms with E-state index >= 15 is 0 Å². The standard InChI is InChI=1S/C18H24.C18H20/c2*1-3-17-5-11-14-8-18(4-2)9-15(11)13(7-17)16(10-18)12(14)6-17/h3-4,11-16H,1-2,5-10H2;1-2,11-16H,5-10H2. The van der Waals surface area contributed by atoms with Gasteiger partial charge in [0.25, 0.3) is 0 Å². The first kappa shape index (κ1) is 21.5. The molecule has 14 aliphatic rings. The second-order valence-corrected chi connectivity index (χ2v) is 16.4. The highest BCUT2D eigenvalue weighted by Gasteiger charge is 2.71. The number of hydrogen-bond acceptors (Lipinski definition) is 0. The maximum atomic E-state index is 5.91. The molecule has 14 rings (SSSR count). The fourth-order valence-electron chi connectivity index (χ4n) is 14.8. The lowest BCUT2D eigenvalue weighted by Gasteiger charge is -2.74. The normalized spacial score (nSPS) is 66.2. The van der Waals surface area contributed by atoms with Crippen LogP contribution in [0.4, 0.5) is 0 Å². The van der Waals surface area contributed by atoms with Crippen molar-refractivity contribution in [3.63, 3.8) is 0 Å². The highest BCUT2D eigenvalue weighted by atomic mass is 14.7. The first-order valence-electron chi connectivity index (χ1n) is 15.6. The van der Waals surface area contributed by atoms with Crippen LogP contribution in [0.1, 0.15) is 77.0 Å². The van der Waals surface area contributed by atoms with Crippen LogP contribution in [0.5, 0.6) is 0 Å². The van der Waals surface area contributed by atoms with Crippen LogP contribution in [0.15, 0.2) is 25.3 Å². The van der Waals surface area contributed by atoms with Gasteiger partial charge in [-0.05, 0) is 159 Å². The van der Waals surface area contributed by atoms with Crippen molar-refractivity contribution in [2.24, 2.45) is 92.7 Å². The monoisotopic (exact) mass is 476 g/mol. The summed E-state index contributed by atoms with van der Waals surface area (Å²) in [5.41, 5.74) is 1.73. The number of hydrogen-bond donors (Lipinski definition) is 0. The smallest absolute Gasteiger partial charge is 0.0320 e. The Morgan fingerprint density at radius 1 is 0.417 bits per heavy atom. The average molecular weight is 477 g/mol. The van der Waals surface area contributed by atoms with Crippen molar-refractivity contribution in [3.8, 4) is 24.7 Å². The Balaban J connectivity index is 0.000000108. The topological polar surface area (TPSA) is 0 Å². The predicted molar refractivity (Wildman–Crippen MR) is 145 cm³/mol. The summed E-state index contributed by atoms with van der Waals surface area (Å²) in [6, 6.07) is 0. The molecule has 0 aromatic carbocycles. The minimum absolute atomic E-state index is 0.303. The van der Waals surface area contributed by atoms with E-state index in [-0.39, 0.29) is 0 Å². The lowest BCUT2D eigenvalue weighted by Crippen LogP contribution is -2.67. The lowest BCUT2D eigenvalue weighted by molar-refractivity contribution is -0.237. The van der Waals surface area contributed by atoms with Crippen LogP contribution in [0.25, 0.3) is 0 Å². The summed E-state index contributed by atoms with van der Waals surface area (Å²) >= 11 is 0. The van der Waals surface area contributed by atoms with E-state index in [1.807, 2.05) is 0 Å². The molecule has 0 spiro atoms. The van der Waals surface area contributed by atoms with Gasteiger partial charge in [0.05, 0.1) is 0 Å². The first-order chi connectivity index (χ1) is 17.4. The van der Waals surface area contributed by atoms with E-state index < -0.39 is 0 Å². The second-order valence-electron chi connectivity index (χ2n) is 16.4. The molecule has 14 fully saturated rings. The lowest BCUT2D eigenvalue weighted by atomic mass is 9.30. The number of terminal acetylenes is 2. The molecule has 0 heteroatoms. The summed E-state index contributed by atoms with van der Waals surface area (Å²) in [4.78, 5) is 0. The van der Waals surface area contributed by atoms with Crippen LogP contribution < -0.4 is 0 Å². The first-order valence-corrected chi connectivity index (χ1v) is 15.6. The SMILES string of the molecule is C#CC12CC3C4CC5(C#C)CC3C(C1)C(C5)C4C2.C=CC12CC3C4CC5(C=C)CC3C(C1)C(C5)C4C2. The largest absolute Gasteiger partial charge is 0.120 e. The minimum atomic E-state index is 0.303. The van der Waals surface area contributed by atoms with Gasteiger partial charge in [-0.3, -0.25) is 0 Å². The molecule has 0 aliphatic heterocycles. The van der Waals surface area contributed by atoms with Crippen molar-refractivity contribution in [2.75, 3.05) is 0 Å². The van der Waals surface area contributed by atoms with Crippen molar-refractivity contribution in [1.29, 1.82) is 0 Å². The van der Waals surface area contributed by atoms with E-state index in [9.17, 15) is 0 Å². The maximum Gasteiger partial charge on any atom is 0.0320 e. The molecule has 0 unspecified atom stereocenters. The maximum absolute atomic E-state index is 5.91. The molecule has 0 amide bonds. The van der Waals surface area contributed by atoms with Gasteiger partial charge in [-0.25, -0.2) is 0 Å². The number of rotatable bonds is 2. The molecule has 0 aromatic heterocycles. The van der Waals surface area contributed by atoms with E-state index in [1.54, 1.807) is 0 Å². The summed E-state index contributed by atoms with van der Waals surface area (Å²) in [5.74, 6) is 18.4. The van der Waals surface area contributed by atoms with E-state index in [4.69, 9.17) is 12.8 Å². The third-order valence-corrected chi connectivity index (χ3v) is 15.7. The van der Waals surface area contributed by atoms with Crippen molar-refractivity contribution >= 4 is 0 Å². The highest BCUT2D eigenvalue weighted by Crippen LogP contribution is 2.78. The van der Waals surface area contributed by atoms with Crippen LogP contribution in [0.2, 0.25) is 0 Å². The molecule has 0 heterocycles. The summed E-state index contributed by atoms with van der Waals surface area (Å²) in [6.45, 7) is 8.39.